The second kappa shape index (κ2) is 5.58. The highest BCUT2D eigenvalue weighted by Gasteiger charge is 2.34. The minimum Gasteiger partial charge on any atom is -0.448 e. The summed E-state index contributed by atoms with van der Waals surface area (Å²) < 4.78 is 43.6. The predicted molar refractivity (Wildman–Crippen MR) is 65.5 cm³/mol. The first-order valence-corrected chi connectivity index (χ1v) is 6.09. The fourth-order valence-electron chi connectivity index (χ4n) is 1.76. The molecular formula is C12H13F3N4O2. The number of hydrogen-bond donors (Lipinski definition) is 1. The largest absolute Gasteiger partial charge is 0.448 e. The number of aryl methyl sites for hydroxylation is 2. The standard InChI is InChI=1S/C12H13F3N4O2/c1-7-5-9(12(13,14)15)18-19(7)4-3-16-11(20)10-8(2)21-6-17-10/h5-6H,3-4H2,1-2H3,(H,16,20). The zero-order chi connectivity index (χ0) is 15.6. The summed E-state index contributed by atoms with van der Waals surface area (Å²) >= 11 is 0. The quantitative estimate of drug-likeness (QED) is 0.936. The molecule has 2 aromatic heterocycles. The molecule has 0 aliphatic carbocycles. The number of nitrogens with one attached hydrogen (secondary N) is 1. The van der Waals surface area contributed by atoms with E-state index in [2.05, 4.69) is 15.4 Å². The zero-order valence-electron chi connectivity index (χ0n) is 11.4. The molecule has 21 heavy (non-hydrogen) atoms. The normalized spacial score (nSPS) is 11.7. The van der Waals surface area contributed by atoms with E-state index < -0.39 is 17.8 Å². The molecule has 0 saturated heterocycles. The van der Waals surface area contributed by atoms with Gasteiger partial charge in [-0.15, -0.1) is 0 Å². The minimum atomic E-state index is -4.48. The third-order valence-corrected chi connectivity index (χ3v) is 2.84. The van der Waals surface area contributed by atoms with E-state index in [0.29, 0.717) is 11.5 Å². The number of alkyl halides is 3. The van der Waals surface area contributed by atoms with Gasteiger partial charge < -0.3 is 9.73 Å². The van der Waals surface area contributed by atoms with Crippen LogP contribution in [-0.4, -0.2) is 27.2 Å². The SMILES string of the molecule is Cc1ocnc1C(=O)NCCn1nc(C(F)(F)F)cc1C. The van der Waals surface area contributed by atoms with Crippen LogP contribution in [0.2, 0.25) is 0 Å². The van der Waals surface area contributed by atoms with Crippen LogP contribution >= 0.6 is 0 Å². The molecule has 0 aliphatic heterocycles. The third-order valence-electron chi connectivity index (χ3n) is 2.84. The predicted octanol–water partition coefficient (Wildman–Crippen LogP) is 1.94. The smallest absolute Gasteiger partial charge is 0.435 e. The van der Waals surface area contributed by atoms with Crippen LogP contribution in [0.5, 0.6) is 0 Å². The molecule has 0 unspecified atom stereocenters. The number of aromatic nitrogens is 3. The molecule has 0 aliphatic rings. The number of rotatable bonds is 4. The van der Waals surface area contributed by atoms with E-state index >= 15 is 0 Å². The van der Waals surface area contributed by atoms with Crippen LogP contribution in [0, 0.1) is 13.8 Å². The lowest BCUT2D eigenvalue weighted by Gasteiger charge is -2.06. The van der Waals surface area contributed by atoms with Gasteiger partial charge in [0.05, 0.1) is 6.54 Å². The van der Waals surface area contributed by atoms with Crippen molar-refractivity contribution < 1.29 is 22.4 Å². The molecule has 1 amide bonds. The highest BCUT2D eigenvalue weighted by atomic mass is 19.4. The molecule has 2 heterocycles. The van der Waals surface area contributed by atoms with Crippen LogP contribution in [0.15, 0.2) is 16.9 Å². The van der Waals surface area contributed by atoms with E-state index in [9.17, 15) is 18.0 Å². The molecule has 0 radical (unpaired) electrons. The van der Waals surface area contributed by atoms with Crippen molar-refractivity contribution in [3.05, 3.63) is 35.3 Å². The van der Waals surface area contributed by atoms with Crippen molar-refractivity contribution in [3.8, 4) is 0 Å². The molecule has 2 aromatic rings. The van der Waals surface area contributed by atoms with E-state index in [1.54, 1.807) is 6.92 Å². The second-order valence-corrected chi connectivity index (χ2v) is 4.40. The van der Waals surface area contributed by atoms with Crippen LogP contribution < -0.4 is 5.32 Å². The Balaban J connectivity index is 1.94. The summed E-state index contributed by atoms with van der Waals surface area (Å²) in [6.45, 7) is 3.37. The number of nitrogens with zero attached hydrogens (tertiary/aromatic N) is 3. The molecule has 0 aromatic carbocycles. The highest BCUT2D eigenvalue weighted by Crippen LogP contribution is 2.28. The molecule has 0 saturated carbocycles. The topological polar surface area (TPSA) is 73.0 Å². The van der Waals surface area contributed by atoms with Gasteiger partial charge in [0.25, 0.3) is 5.91 Å². The van der Waals surface area contributed by atoms with Gasteiger partial charge in [0.15, 0.2) is 17.8 Å². The van der Waals surface area contributed by atoms with Crippen molar-refractivity contribution in [1.29, 1.82) is 0 Å². The molecule has 1 N–H and O–H groups in total. The van der Waals surface area contributed by atoms with E-state index in [0.717, 1.165) is 12.5 Å². The van der Waals surface area contributed by atoms with E-state index in [1.807, 2.05) is 0 Å². The van der Waals surface area contributed by atoms with Gasteiger partial charge in [-0.2, -0.15) is 18.3 Å². The Morgan fingerprint density at radius 3 is 2.67 bits per heavy atom. The zero-order valence-corrected chi connectivity index (χ0v) is 11.4. The maximum Gasteiger partial charge on any atom is 0.435 e. The van der Waals surface area contributed by atoms with Crippen LogP contribution in [-0.2, 0) is 12.7 Å². The maximum atomic E-state index is 12.5. The Bertz CT molecular complexity index is 645. The Morgan fingerprint density at radius 1 is 1.43 bits per heavy atom. The first-order chi connectivity index (χ1) is 9.79. The van der Waals surface area contributed by atoms with Gasteiger partial charge in [0.1, 0.15) is 5.76 Å². The molecule has 0 fully saturated rings. The summed E-state index contributed by atoms with van der Waals surface area (Å²) in [7, 11) is 0. The molecule has 114 valence electrons. The van der Waals surface area contributed by atoms with Crippen molar-refractivity contribution in [2.45, 2.75) is 26.6 Å². The first-order valence-electron chi connectivity index (χ1n) is 6.09. The Morgan fingerprint density at radius 2 is 2.14 bits per heavy atom. The van der Waals surface area contributed by atoms with Gasteiger partial charge in [-0.05, 0) is 19.9 Å². The monoisotopic (exact) mass is 302 g/mol. The Labute approximate surface area is 118 Å². The third kappa shape index (κ3) is 3.41. The van der Waals surface area contributed by atoms with Crippen LogP contribution in [0.4, 0.5) is 13.2 Å². The molecule has 0 atom stereocenters. The summed E-state index contributed by atoms with van der Waals surface area (Å²) in [6, 6.07) is 0.962. The first kappa shape index (κ1) is 15.1. The maximum absolute atomic E-state index is 12.5. The van der Waals surface area contributed by atoms with Crippen molar-refractivity contribution in [2.75, 3.05) is 6.54 Å². The fraction of sp³-hybridized carbons (Fsp3) is 0.417. The molecule has 6 nitrogen and oxygen atoms in total. The number of carbonyl (C=O) groups excluding carboxylic acids is 1. The highest BCUT2D eigenvalue weighted by molar-refractivity contribution is 5.92. The summed E-state index contributed by atoms with van der Waals surface area (Å²) in [6.07, 6.45) is -3.32. The van der Waals surface area contributed by atoms with Gasteiger partial charge in [-0.1, -0.05) is 0 Å². The molecular weight excluding hydrogens is 289 g/mol. The van der Waals surface area contributed by atoms with E-state index in [1.165, 1.54) is 11.6 Å². The van der Waals surface area contributed by atoms with Gasteiger partial charge in [0, 0.05) is 12.2 Å². The van der Waals surface area contributed by atoms with Crippen LogP contribution in [0.1, 0.15) is 27.6 Å². The Kier molecular flexibility index (Phi) is 4.01. The van der Waals surface area contributed by atoms with Gasteiger partial charge in [-0.3, -0.25) is 9.48 Å². The van der Waals surface area contributed by atoms with Crippen molar-refractivity contribution in [2.24, 2.45) is 0 Å². The minimum absolute atomic E-state index is 0.130. The molecule has 0 spiro atoms. The van der Waals surface area contributed by atoms with Crippen LogP contribution in [0.25, 0.3) is 0 Å². The van der Waals surface area contributed by atoms with E-state index in [4.69, 9.17) is 4.42 Å². The summed E-state index contributed by atoms with van der Waals surface area (Å²) in [4.78, 5) is 15.5. The number of carbonyl (C=O) groups is 1. The average molecular weight is 302 g/mol. The molecule has 9 heteroatoms. The Hall–Kier alpha value is -2.32. The summed E-state index contributed by atoms with van der Waals surface area (Å²) in [5.74, 6) is -0.0655. The summed E-state index contributed by atoms with van der Waals surface area (Å²) in [5, 5.41) is 6.01. The lowest BCUT2D eigenvalue weighted by Crippen LogP contribution is -2.28. The van der Waals surface area contributed by atoms with Crippen molar-refractivity contribution >= 4 is 5.91 Å². The second-order valence-electron chi connectivity index (χ2n) is 4.40. The lowest BCUT2D eigenvalue weighted by molar-refractivity contribution is -0.141. The average Bonchev–Trinajstić information content (AvgIpc) is 2.95. The van der Waals surface area contributed by atoms with E-state index in [-0.39, 0.29) is 18.8 Å². The summed E-state index contributed by atoms with van der Waals surface area (Å²) in [5.41, 5.74) is -0.420. The van der Waals surface area contributed by atoms with Gasteiger partial charge >= 0.3 is 6.18 Å². The number of amides is 1. The van der Waals surface area contributed by atoms with Gasteiger partial charge in [-0.25, -0.2) is 4.98 Å². The van der Waals surface area contributed by atoms with Crippen molar-refractivity contribution in [3.63, 3.8) is 0 Å². The van der Waals surface area contributed by atoms with Gasteiger partial charge in [0.2, 0.25) is 0 Å². The van der Waals surface area contributed by atoms with Crippen LogP contribution in [0.3, 0.4) is 0 Å². The molecule has 0 bridgehead atoms. The lowest BCUT2D eigenvalue weighted by atomic mass is 10.3. The fourth-order valence-corrected chi connectivity index (χ4v) is 1.76. The molecule has 2 rings (SSSR count). The number of oxazole rings is 1. The number of halogens is 3. The van der Waals surface area contributed by atoms with Crippen molar-refractivity contribution in [1.82, 2.24) is 20.1 Å². The number of hydrogen-bond acceptors (Lipinski definition) is 4.